The number of thiophene rings is 1. The van der Waals surface area contributed by atoms with E-state index in [-0.39, 0.29) is 5.91 Å². The van der Waals surface area contributed by atoms with Crippen molar-refractivity contribution >= 4 is 28.6 Å². The highest BCUT2D eigenvalue weighted by Gasteiger charge is 2.19. The second-order valence-electron chi connectivity index (χ2n) is 8.18. The van der Waals surface area contributed by atoms with Gasteiger partial charge in [-0.1, -0.05) is 48.5 Å². The number of benzene rings is 2. The molecule has 0 aliphatic rings. The molecule has 0 saturated carbocycles. The predicted molar refractivity (Wildman–Crippen MR) is 138 cm³/mol. The maximum absolute atomic E-state index is 12.4. The van der Waals surface area contributed by atoms with Crippen LogP contribution < -0.4 is 5.32 Å². The molecule has 4 rings (SSSR count). The van der Waals surface area contributed by atoms with Gasteiger partial charge in [-0.15, -0.1) is 11.3 Å². The third kappa shape index (κ3) is 4.50. The third-order valence-electron chi connectivity index (χ3n) is 6.03. The molecule has 168 valence electrons. The van der Waals surface area contributed by atoms with Gasteiger partial charge in [0.15, 0.2) is 5.69 Å². The van der Waals surface area contributed by atoms with Gasteiger partial charge in [0.05, 0.1) is 18.0 Å². The Morgan fingerprint density at radius 1 is 0.912 bits per heavy atom. The van der Waals surface area contributed by atoms with E-state index in [2.05, 4.69) is 31.7 Å². The first-order chi connectivity index (χ1) is 16.4. The highest BCUT2D eigenvalue weighted by Crippen LogP contribution is 2.39. The Bertz CT molecular complexity index is 1430. The summed E-state index contributed by atoms with van der Waals surface area (Å²) in [6.45, 7) is 22.0. The summed E-state index contributed by atoms with van der Waals surface area (Å²) in [6, 6.07) is 17.6. The zero-order valence-corrected chi connectivity index (χ0v) is 20.2. The molecule has 0 aliphatic heterocycles. The third-order valence-corrected chi connectivity index (χ3v) is 7.05. The molecule has 0 bridgehead atoms. The summed E-state index contributed by atoms with van der Waals surface area (Å²) in [6.07, 6.45) is 0. The summed E-state index contributed by atoms with van der Waals surface area (Å²) in [5, 5.41) is 4.92. The van der Waals surface area contributed by atoms with Crippen molar-refractivity contribution in [1.82, 2.24) is 9.88 Å². The molecule has 34 heavy (non-hydrogen) atoms. The minimum atomic E-state index is -0.0428. The Balaban J connectivity index is 1.52. The van der Waals surface area contributed by atoms with E-state index in [9.17, 15) is 4.79 Å². The number of aromatic nitrogens is 1. The van der Waals surface area contributed by atoms with E-state index in [1.54, 1.807) is 12.1 Å². The van der Waals surface area contributed by atoms with Crippen molar-refractivity contribution < 1.29 is 4.79 Å². The second kappa shape index (κ2) is 9.79. The fourth-order valence-electron chi connectivity index (χ4n) is 4.10. The van der Waals surface area contributed by atoms with Gasteiger partial charge in [-0.2, -0.15) is 0 Å². The number of nitrogens with zero attached hydrogens (tertiary/aromatic N) is 3. The van der Waals surface area contributed by atoms with E-state index in [4.69, 9.17) is 13.1 Å². The first-order valence-corrected chi connectivity index (χ1v) is 11.8. The van der Waals surface area contributed by atoms with E-state index in [0.29, 0.717) is 24.5 Å². The topological polar surface area (TPSA) is 42.8 Å². The molecule has 0 atom stereocenters. The number of carbonyl (C=O) groups excluding carboxylic acids is 1. The lowest BCUT2D eigenvalue weighted by atomic mass is 10.0. The molecule has 4 aromatic rings. The van der Waals surface area contributed by atoms with Crippen LogP contribution in [0.2, 0.25) is 0 Å². The SMILES string of the molecule is [C-]#[N+]c1ccc(-c2c([N+]#[C-])c(C)n(Cc3ccc(CNC(=O)c4sccc4C)cc3)c2C)cc1. The quantitative estimate of drug-likeness (QED) is 0.301. The lowest BCUT2D eigenvalue weighted by Crippen LogP contribution is -2.22. The van der Waals surface area contributed by atoms with Crippen molar-refractivity contribution in [2.75, 3.05) is 0 Å². The van der Waals surface area contributed by atoms with Gasteiger partial charge in [-0.05, 0) is 54.5 Å². The average molecular weight is 465 g/mol. The average Bonchev–Trinajstić information content (AvgIpc) is 3.39. The summed E-state index contributed by atoms with van der Waals surface area (Å²) in [7, 11) is 0. The minimum absolute atomic E-state index is 0.0428. The maximum Gasteiger partial charge on any atom is 0.261 e. The molecule has 0 spiro atoms. The van der Waals surface area contributed by atoms with Crippen LogP contribution >= 0.6 is 11.3 Å². The van der Waals surface area contributed by atoms with E-state index in [0.717, 1.165) is 44.1 Å². The van der Waals surface area contributed by atoms with Gasteiger partial charge in [0, 0.05) is 30.0 Å². The predicted octanol–water partition coefficient (Wildman–Crippen LogP) is 7.22. The second-order valence-corrected chi connectivity index (χ2v) is 9.10. The van der Waals surface area contributed by atoms with Crippen LogP contribution in [0, 0.1) is 33.9 Å². The molecule has 1 N–H and O–H groups in total. The summed E-state index contributed by atoms with van der Waals surface area (Å²) in [5.74, 6) is -0.0428. The van der Waals surface area contributed by atoms with Gasteiger partial charge in [-0.3, -0.25) is 4.79 Å². The smallest absolute Gasteiger partial charge is 0.261 e. The highest BCUT2D eigenvalue weighted by atomic mass is 32.1. The van der Waals surface area contributed by atoms with Crippen molar-refractivity contribution in [3.8, 4) is 11.1 Å². The number of amides is 1. The minimum Gasteiger partial charge on any atom is -0.355 e. The number of aryl methyl sites for hydroxylation is 1. The molecule has 2 heterocycles. The molecule has 2 aromatic carbocycles. The standard InChI is InChI=1S/C28H24N4OS/c1-18-14-15-34-27(18)28(33)31-16-21-6-8-22(9-7-21)17-32-19(2)25(26(30-5)20(32)3)23-10-12-24(29-4)13-11-23/h6-15H,16-17H2,1-3H3,(H,31,33). The van der Waals surface area contributed by atoms with Crippen molar-refractivity contribution in [2.24, 2.45) is 0 Å². The fourth-order valence-corrected chi connectivity index (χ4v) is 4.94. The van der Waals surface area contributed by atoms with Crippen LogP contribution in [0.1, 0.15) is 37.7 Å². The Hall–Kier alpha value is -4.13. The number of rotatable bonds is 6. The zero-order valence-electron chi connectivity index (χ0n) is 19.3. The van der Waals surface area contributed by atoms with Gasteiger partial charge in [-0.25, -0.2) is 9.69 Å². The van der Waals surface area contributed by atoms with Crippen molar-refractivity contribution in [1.29, 1.82) is 0 Å². The van der Waals surface area contributed by atoms with Crippen LogP contribution in [0.15, 0.2) is 60.0 Å². The lowest BCUT2D eigenvalue weighted by Gasteiger charge is -2.12. The van der Waals surface area contributed by atoms with Gasteiger partial charge in [0.1, 0.15) is 0 Å². The van der Waals surface area contributed by atoms with Gasteiger partial charge in [0.2, 0.25) is 5.69 Å². The summed E-state index contributed by atoms with van der Waals surface area (Å²) in [5.41, 5.74) is 8.22. The normalized spacial score (nSPS) is 10.5. The summed E-state index contributed by atoms with van der Waals surface area (Å²) >= 11 is 1.46. The molecule has 5 nitrogen and oxygen atoms in total. The Kier molecular flexibility index (Phi) is 6.63. The number of carbonyl (C=O) groups is 1. The zero-order chi connectivity index (χ0) is 24.2. The molecule has 0 radical (unpaired) electrons. The molecule has 6 heteroatoms. The molecular weight excluding hydrogens is 440 g/mol. The van der Waals surface area contributed by atoms with Gasteiger partial charge in [0.25, 0.3) is 5.91 Å². The monoisotopic (exact) mass is 464 g/mol. The fraction of sp³-hybridized carbons (Fsp3) is 0.179. The van der Waals surface area contributed by atoms with E-state index >= 15 is 0 Å². The Morgan fingerprint density at radius 2 is 1.59 bits per heavy atom. The van der Waals surface area contributed by atoms with Crippen LogP contribution in [-0.2, 0) is 13.1 Å². The van der Waals surface area contributed by atoms with Crippen LogP contribution in [0.5, 0.6) is 0 Å². The number of nitrogens with one attached hydrogen (secondary N) is 1. The Labute approximate surface area is 203 Å². The maximum atomic E-state index is 12.4. The molecular formula is C28H24N4OS. The first-order valence-electron chi connectivity index (χ1n) is 10.9. The van der Waals surface area contributed by atoms with Crippen LogP contribution in [-0.4, -0.2) is 10.5 Å². The van der Waals surface area contributed by atoms with E-state index in [1.165, 1.54) is 11.3 Å². The van der Waals surface area contributed by atoms with Crippen LogP contribution in [0.3, 0.4) is 0 Å². The van der Waals surface area contributed by atoms with Gasteiger partial charge >= 0.3 is 0 Å². The molecule has 0 unspecified atom stereocenters. The summed E-state index contributed by atoms with van der Waals surface area (Å²) in [4.78, 5) is 20.4. The Morgan fingerprint density at radius 3 is 2.18 bits per heavy atom. The first kappa shape index (κ1) is 23.0. The summed E-state index contributed by atoms with van der Waals surface area (Å²) < 4.78 is 2.17. The van der Waals surface area contributed by atoms with Crippen molar-refractivity contribution in [3.63, 3.8) is 0 Å². The largest absolute Gasteiger partial charge is 0.355 e. The highest BCUT2D eigenvalue weighted by molar-refractivity contribution is 7.12. The van der Waals surface area contributed by atoms with Crippen LogP contribution in [0.25, 0.3) is 20.8 Å². The van der Waals surface area contributed by atoms with Crippen LogP contribution in [0.4, 0.5) is 11.4 Å². The molecule has 1 amide bonds. The van der Waals surface area contributed by atoms with Gasteiger partial charge < -0.3 is 9.88 Å². The van der Waals surface area contributed by atoms with Crippen molar-refractivity contribution in [3.05, 3.63) is 116 Å². The molecule has 2 aromatic heterocycles. The molecule has 0 saturated heterocycles. The lowest BCUT2D eigenvalue weighted by molar-refractivity contribution is 0.0954. The van der Waals surface area contributed by atoms with E-state index < -0.39 is 0 Å². The number of hydrogen-bond donors (Lipinski definition) is 1. The van der Waals surface area contributed by atoms with E-state index in [1.807, 2.05) is 56.5 Å². The molecule has 0 aliphatic carbocycles. The van der Waals surface area contributed by atoms with Crippen molar-refractivity contribution in [2.45, 2.75) is 33.9 Å². The molecule has 0 fully saturated rings. The number of hydrogen-bond acceptors (Lipinski definition) is 2.